The molecule has 0 radical (unpaired) electrons. The van der Waals surface area contributed by atoms with E-state index in [-0.39, 0.29) is 11.8 Å². The quantitative estimate of drug-likeness (QED) is 0.410. The van der Waals surface area contributed by atoms with E-state index in [9.17, 15) is 15.5 Å². The van der Waals surface area contributed by atoms with Crippen molar-refractivity contribution in [3.8, 4) is 29.4 Å². The van der Waals surface area contributed by atoms with Crippen LogP contribution in [0.3, 0.4) is 0 Å². The lowest BCUT2D eigenvalue weighted by atomic mass is 9.78. The molecular weight excluding hydrogens is 456 g/mol. The molecular formula is C28H26N4O4. The Morgan fingerprint density at radius 2 is 1.81 bits per heavy atom. The zero-order valence-electron chi connectivity index (χ0n) is 20.4. The van der Waals surface area contributed by atoms with Gasteiger partial charge in [-0.25, -0.2) is 4.98 Å². The third kappa shape index (κ3) is 3.09. The molecule has 8 heteroatoms. The summed E-state index contributed by atoms with van der Waals surface area (Å²) >= 11 is 0. The van der Waals surface area contributed by atoms with Crippen LogP contribution in [0.4, 0.5) is 0 Å². The molecule has 0 amide bonds. The monoisotopic (exact) mass is 482 g/mol. The number of aryl methyl sites for hydroxylation is 2. The highest BCUT2D eigenvalue weighted by Crippen LogP contribution is 2.65. The maximum atomic E-state index is 11.6. The van der Waals surface area contributed by atoms with E-state index in [0.717, 1.165) is 22.9 Å². The molecule has 36 heavy (non-hydrogen) atoms. The van der Waals surface area contributed by atoms with E-state index in [1.165, 1.54) is 4.57 Å². The van der Waals surface area contributed by atoms with Crippen molar-refractivity contribution in [2.45, 2.75) is 51.2 Å². The number of nitrogens with zero attached hydrogens (tertiary/aromatic N) is 4. The Balaban J connectivity index is 1.42. The molecule has 4 heterocycles. The number of fused-ring (bicyclic) bond motifs is 6. The first-order valence-electron chi connectivity index (χ1n) is 12.0. The molecule has 2 aliphatic heterocycles. The Hall–Kier alpha value is -4.09. The fourth-order valence-corrected chi connectivity index (χ4v) is 5.99. The first-order chi connectivity index (χ1) is 17.3. The van der Waals surface area contributed by atoms with E-state index in [1.807, 2.05) is 45.0 Å². The van der Waals surface area contributed by atoms with Gasteiger partial charge in [0.1, 0.15) is 11.4 Å². The van der Waals surface area contributed by atoms with Crippen LogP contribution in [0.25, 0.3) is 16.5 Å². The second-order valence-electron chi connectivity index (χ2n) is 9.84. The molecule has 1 fully saturated rings. The van der Waals surface area contributed by atoms with Gasteiger partial charge in [0.25, 0.3) is 0 Å². The smallest absolute Gasteiger partial charge is 0.216 e. The van der Waals surface area contributed by atoms with Gasteiger partial charge in [0.05, 0.1) is 40.7 Å². The maximum Gasteiger partial charge on any atom is 0.216 e. The van der Waals surface area contributed by atoms with Crippen LogP contribution in [0.5, 0.6) is 17.6 Å². The van der Waals surface area contributed by atoms with Crippen molar-refractivity contribution in [1.82, 2.24) is 14.5 Å². The molecule has 1 saturated heterocycles. The molecule has 182 valence electrons. The van der Waals surface area contributed by atoms with Gasteiger partial charge in [0, 0.05) is 29.0 Å². The van der Waals surface area contributed by atoms with Crippen LogP contribution in [0.1, 0.15) is 54.4 Å². The molecule has 8 nitrogen and oxygen atoms in total. The molecule has 4 aromatic rings. The summed E-state index contributed by atoms with van der Waals surface area (Å²) in [4.78, 5) is 8.63. The van der Waals surface area contributed by atoms with E-state index in [4.69, 9.17) is 9.47 Å². The van der Waals surface area contributed by atoms with Gasteiger partial charge in [-0.1, -0.05) is 24.3 Å². The number of ether oxygens (including phenoxy) is 2. The van der Waals surface area contributed by atoms with Crippen LogP contribution in [0, 0.1) is 25.2 Å². The lowest BCUT2D eigenvalue weighted by Gasteiger charge is -2.26. The number of rotatable bonds is 5. The molecule has 0 unspecified atom stereocenters. The van der Waals surface area contributed by atoms with Crippen molar-refractivity contribution in [3.63, 3.8) is 0 Å². The average molecular weight is 483 g/mol. The minimum absolute atomic E-state index is 0.0376. The summed E-state index contributed by atoms with van der Waals surface area (Å²) in [6.07, 6.45) is 1.91. The largest absolute Gasteiger partial charge is 0.494 e. The Kier molecular flexibility index (Phi) is 4.79. The molecule has 2 aromatic heterocycles. The lowest BCUT2D eigenvalue weighted by molar-refractivity contribution is -0.0877. The van der Waals surface area contributed by atoms with Gasteiger partial charge >= 0.3 is 0 Å². The van der Waals surface area contributed by atoms with Crippen molar-refractivity contribution in [1.29, 1.82) is 5.26 Å². The summed E-state index contributed by atoms with van der Waals surface area (Å²) in [5.74, 6) is 1.06. The number of aromatic nitrogens is 3. The Labute approximate surface area is 208 Å². The van der Waals surface area contributed by atoms with Gasteiger partial charge < -0.3 is 19.7 Å². The Morgan fingerprint density at radius 1 is 1.06 bits per heavy atom. The molecule has 0 spiro atoms. The highest BCUT2D eigenvalue weighted by Gasteiger charge is 2.61. The van der Waals surface area contributed by atoms with Gasteiger partial charge in [-0.05, 0) is 45.7 Å². The van der Waals surface area contributed by atoms with E-state index in [1.54, 1.807) is 18.2 Å². The first-order valence-corrected chi connectivity index (χ1v) is 12.0. The summed E-state index contributed by atoms with van der Waals surface area (Å²) in [5, 5.41) is 34.1. The van der Waals surface area contributed by atoms with Crippen LogP contribution in [-0.2, 0) is 15.9 Å². The Bertz CT molecular complexity index is 1570. The van der Waals surface area contributed by atoms with Gasteiger partial charge in [-0.2, -0.15) is 10.2 Å². The SMILES string of the molecule is Cc1cc(OCC[C@@]23CC[C@@](C)(O2)c2c3c(O)n(-c3ccc(C#N)c4ccccc34)c2O)nc(C)n1. The summed E-state index contributed by atoms with van der Waals surface area (Å²) in [5.41, 5.74) is 1.71. The average Bonchev–Trinajstić information content (AvgIpc) is 3.42. The van der Waals surface area contributed by atoms with Crippen molar-refractivity contribution in [2.24, 2.45) is 0 Å². The number of hydrogen-bond acceptors (Lipinski definition) is 7. The third-order valence-corrected chi connectivity index (χ3v) is 7.49. The lowest BCUT2D eigenvalue weighted by Crippen LogP contribution is -2.25. The summed E-state index contributed by atoms with van der Waals surface area (Å²) in [6.45, 7) is 6.00. The van der Waals surface area contributed by atoms with Crippen LogP contribution >= 0.6 is 0 Å². The zero-order valence-corrected chi connectivity index (χ0v) is 20.4. The third-order valence-electron chi connectivity index (χ3n) is 7.49. The predicted molar refractivity (Wildman–Crippen MR) is 132 cm³/mol. The Morgan fingerprint density at radius 3 is 2.56 bits per heavy atom. The number of benzene rings is 2. The standard InChI is InChI=1S/C28H26N4O4/c1-16-14-22(31-17(2)30-16)35-13-12-28-11-10-27(3,36-28)23-24(28)26(34)32(25(23)33)21-9-8-18(15-29)19-6-4-5-7-20(19)21/h4-9,14,33-34H,10-13H2,1-3H3/t27-,28-/m1/s1. The topological polar surface area (TPSA) is 113 Å². The van der Waals surface area contributed by atoms with Gasteiger partial charge in [0.15, 0.2) is 0 Å². The number of hydrogen-bond donors (Lipinski definition) is 2. The number of nitriles is 1. The highest BCUT2D eigenvalue weighted by atomic mass is 16.5. The molecule has 6 rings (SSSR count). The fourth-order valence-electron chi connectivity index (χ4n) is 5.99. The predicted octanol–water partition coefficient (Wildman–Crippen LogP) is 5.02. The zero-order chi connectivity index (χ0) is 25.2. The molecule has 0 aliphatic carbocycles. The van der Waals surface area contributed by atoms with E-state index in [0.29, 0.717) is 53.5 Å². The van der Waals surface area contributed by atoms with E-state index >= 15 is 0 Å². The summed E-state index contributed by atoms with van der Waals surface area (Å²) < 4.78 is 14.0. The molecule has 2 atom stereocenters. The molecule has 2 N–H and O–H groups in total. The maximum absolute atomic E-state index is 11.6. The van der Waals surface area contributed by atoms with Crippen LogP contribution in [-0.4, -0.2) is 31.4 Å². The van der Waals surface area contributed by atoms with E-state index < -0.39 is 11.2 Å². The minimum Gasteiger partial charge on any atom is -0.494 e. The molecule has 2 aliphatic rings. The molecule has 0 saturated carbocycles. The molecule has 2 bridgehead atoms. The fraction of sp³-hybridized carbons (Fsp3) is 0.321. The second kappa shape index (κ2) is 7.70. The van der Waals surface area contributed by atoms with Crippen LogP contribution in [0.15, 0.2) is 42.5 Å². The van der Waals surface area contributed by atoms with E-state index in [2.05, 4.69) is 16.0 Å². The number of aromatic hydroxyl groups is 2. The van der Waals surface area contributed by atoms with Gasteiger partial charge in [-0.15, -0.1) is 0 Å². The van der Waals surface area contributed by atoms with Crippen molar-refractivity contribution in [2.75, 3.05) is 6.61 Å². The van der Waals surface area contributed by atoms with Gasteiger partial charge in [0.2, 0.25) is 17.6 Å². The van der Waals surface area contributed by atoms with Crippen LogP contribution < -0.4 is 4.74 Å². The van der Waals surface area contributed by atoms with Crippen molar-refractivity contribution in [3.05, 3.63) is 70.7 Å². The van der Waals surface area contributed by atoms with Crippen molar-refractivity contribution >= 4 is 10.8 Å². The summed E-state index contributed by atoms with van der Waals surface area (Å²) in [7, 11) is 0. The van der Waals surface area contributed by atoms with Crippen molar-refractivity contribution < 1.29 is 19.7 Å². The second-order valence-corrected chi connectivity index (χ2v) is 9.84. The van der Waals surface area contributed by atoms with Crippen LogP contribution in [0.2, 0.25) is 0 Å². The summed E-state index contributed by atoms with van der Waals surface area (Å²) in [6, 6.07) is 15.0. The highest BCUT2D eigenvalue weighted by molar-refractivity contribution is 5.95. The normalized spacial score (nSPS) is 22.1. The minimum atomic E-state index is -0.781. The first kappa shape index (κ1) is 22.4. The molecule has 2 aromatic carbocycles. The van der Waals surface area contributed by atoms with Gasteiger partial charge in [-0.3, -0.25) is 4.57 Å².